The van der Waals surface area contributed by atoms with Gasteiger partial charge in [0, 0.05) is 34.2 Å². The van der Waals surface area contributed by atoms with Crippen molar-refractivity contribution in [2.45, 2.75) is 26.7 Å². The number of hydrogen-bond donors (Lipinski definition) is 0. The van der Waals surface area contributed by atoms with E-state index in [1.807, 2.05) is 18.3 Å². The zero-order valence-electron chi connectivity index (χ0n) is 27.6. The fraction of sp³-hybridized carbons (Fsp3) is 0.0889. The predicted molar refractivity (Wildman–Crippen MR) is 208 cm³/mol. The summed E-state index contributed by atoms with van der Waals surface area (Å²) in [6.45, 7) is 11.8. The summed E-state index contributed by atoms with van der Waals surface area (Å²) in [7, 11) is 0. The average molecular weight is 622 g/mol. The van der Waals surface area contributed by atoms with E-state index >= 15 is 0 Å². The normalized spacial score (nSPS) is 11.8. The van der Waals surface area contributed by atoms with E-state index in [1.165, 1.54) is 45.0 Å². The molecule has 0 fully saturated rings. The first-order valence-electron chi connectivity index (χ1n) is 16.7. The van der Waals surface area contributed by atoms with Gasteiger partial charge in [0.05, 0.1) is 28.1 Å². The molecule has 0 N–H and O–H groups in total. The molecular formula is C45H39N3. The van der Waals surface area contributed by atoms with Gasteiger partial charge in [0.15, 0.2) is 0 Å². The largest absolute Gasteiger partial charge is 0.309 e. The van der Waals surface area contributed by atoms with Crippen LogP contribution in [0.1, 0.15) is 37.8 Å². The summed E-state index contributed by atoms with van der Waals surface area (Å²) in [5.74, 6) is 0.868. The first-order chi connectivity index (χ1) is 23.7. The maximum atomic E-state index is 5.00. The van der Waals surface area contributed by atoms with Crippen LogP contribution in [0, 0.1) is 0 Å². The number of anilines is 3. The van der Waals surface area contributed by atoms with Gasteiger partial charge in [-0.25, -0.2) is 4.98 Å². The first kappa shape index (κ1) is 30.7. The molecule has 0 unspecified atom stereocenters. The van der Waals surface area contributed by atoms with Gasteiger partial charge in [0.2, 0.25) is 0 Å². The molecule has 3 heteroatoms. The molecule has 48 heavy (non-hydrogen) atoms. The highest BCUT2D eigenvalue weighted by Gasteiger charge is 2.26. The number of fused-ring (bicyclic) bond motifs is 8. The molecule has 0 radical (unpaired) electrons. The van der Waals surface area contributed by atoms with E-state index in [-0.39, 0.29) is 0 Å². The average Bonchev–Trinajstić information content (AvgIpc) is 3.41. The summed E-state index contributed by atoms with van der Waals surface area (Å²) in [6, 6.07) is 43.3. The standard InChI is InChI=1S/C40H29N3.C5H10/c1-3-13-29-27(4-2)22-23-38-40(29)34-18-9-12-21-37(34)42(38)28-24-25-41-39(26-28)43-35-19-10-7-16-32(35)30-14-5-6-15-31(30)33-17-8-11-20-36(33)43;1-3-5-4-2/h3-26H,2H2,1H3;3H,1,4-5H2,2H3/b13-3-;. The minimum atomic E-state index is 0.868. The lowest BCUT2D eigenvalue weighted by Crippen LogP contribution is -2.13. The van der Waals surface area contributed by atoms with Gasteiger partial charge in [0.1, 0.15) is 5.82 Å². The summed E-state index contributed by atoms with van der Waals surface area (Å²) in [5.41, 5.74) is 12.7. The van der Waals surface area contributed by atoms with Crippen LogP contribution in [0.4, 0.5) is 17.2 Å². The van der Waals surface area contributed by atoms with Gasteiger partial charge in [0.25, 0.3) is 0 Å². The van der Waals surface area contributed by atoms with Crippen LogP contribution in [-0.4, -0.2) is 9.55 Å². The van der Waals surface area contributed by atoms with Crippen LogP contribution in [0.3, 0.4) is 0 Å². The van der Waals surface area contributed by atoms with Crippen LogP contribution in [0.5, 0.6) is 0 Å². The van der Waals surface area contributed by atoms with Gasteiger partial charge in [-0.2, -0.15) is 0 Å². The Kier molecular flexibility index (Phi) is 8.59. The van der Waals surface area contributed by atoms with Crippen LogP contribution in [0.25, 0.3) is 61.9 Å². The van der Waals surface area contributed by atoms with E-state index in [1.54, 1.807) is 0 Å². The van der Waals surface area contributed by atoms with Crippen molar-refractivity contribution >= 4 is 51.2 Å². The van der Waals surface area contributed by atoms with E-state index < -0.39 is 0 Å². The SMILES string of the molecule is C=CCCC.C=Cc1ccc2c(c1/C=C\C)c1ccccc1n2-c1ccnc(N2c3ccccc3-c3ccccc3-c3ccccc32)c1. The number of unbranched alkanes of at least 4 members (excludes halogenated alkanes) is 1. The fourth-order valence-corrected chi connectivity index (χ4v) is 6.90. The summed E-state index contributed by atoms with van der Waals surface area (Å²) >= 11 is 0. The van der Waals surface area contributed by atoms with E-state index in [0.717, 1.165) is 45.9 Å². The number of rotatable bonds is 6. The first-order valence-corrected chi connectivity index (χ1v) is 16.7. The molecule has 0 atom stereocenters. The van der Waals surface area contributed by atoms with Crippen molar-refractivity contribution in [3.8, 4) is 27.9 Å². The van der Waals surface area contributed by atoms with Crippen LogP contribution < -0.4 is 4.90 Å². The van der Waals surface area contributed by atoms with Crippen molar-refractivity contribution in [3.63, 3.8) is 0 Å². The highest BCUT2D eigenvalue weighted by Crippen LogP contribution is 2.50. The van der Waals surface area contributed by atoms with Gasteiger partial charge < -0.3 is 4.57 Å². The molecular weight excluding hydrogens is 583 g/mol. The van der Waals surface area contributed by atoms with E-state index in [2.05, 4.69) is 170 Å². The van der Waals surface area contributed by atoms with Crippen LogP contribution in [0.2, 0.25) is 0 Å². The molecule has 1 aliphatic rings. The molecule has 3 nitrogen and oxygen atoms in total. The highest BCUT2D eigenvalue weighted by atomic mass is 15.2. The minimum Gasteiger partial charge on any atom is -0.309 e. The Bertz CT molecular complexity index is 2250. The highest BCUT2D eigenvalue weighted by molar-refractivity contribution is 6.14. The molecule has 3 heterocycles. The smallest absolute Gasteiger partial charge is 0.139 e. The van der Waals surface area contributed by atoms with E-state index in [0.29, 0.717) is 0 Å². The fourth-order valence-electron chi connectivity index (χ4n) is 6.90. The van der Waals surface area contributed by atoms with Crippen molar-refractivity contribution in [2.75, 3.05) is 4.90 Å². The lowest BCUT2D eigenvalue weighted by atomic mass is 9.95. The molecule has 7 aromatic rings. The molecule has 0 aliphatic carbocycles. The zero-order valence-corrected chi connectivity index (χ0v) is 27.6. The molecule has 8 rings (SSSR count). The van der Waals surface area contributed by atoms with Crippen LogP contribution in [0.15, 0.2) is 153 Å². The van der Waals surface area contributed by atoms with Crippen molar-refractivity contribution in [3.05, 3.63) is 164 Å². The third-order valence-corrected chi connectivity index (χ3v) is 8.97. The number of aromatic nitrogens is 2. The summed E-state index contributed by atoms with van der Waals surface area (Å²) in [4.78, 5) is 7.31. The molecule has 1 aliphatic heterocycles. The van der Waals surface area contributed by atoms with Crippen molar-refractivity contribution in [2.24, 2.45) is 0 Å². The maximum Gasteiger partial charge on any atom is 0.139 e. The summed E-state index contributed by atoms with van der Waals surface area (Å²) in [6.07, 6.45) is 12.5. The molecule has 0 spiro atoms. The number of para-hydroxylation sites is 3. The number of pyridine rings is 1. The Morgan fingerprint density at radius 3 is 1.92 bits per heavy atom. The Morgan fingerprint density at radius 1 is 0.688 bits per heavy atom. The minimum absolute atomic E-state index is 0.868. The molecule has 0 saturated carbocycles. The number of hydrogen-bond acceptors (Lipinski definition) is 2. The lowest BCUT2D eigenvalue weighted by molar-refractivity contribution is 0.961. The quantitative estimate of drug-likeness (QED) is 0.172. The molecule has 234 valence electrons. The van der Waals surface area contributed by atoms with Gasteiger partial charge in [-0.3, -0.25) is 4.90 Å². The third kappa shape index (κ3) is 5.24. The monoisotopic (exact) mass is 621 g/mol. The Hall–Kier alpha value is -5.93. The van der Waals surface area contributed by atoms with Crippen molar-refractivity contribution in [1.82, 2.24) is 9.55 Å². The second kappa shape index (κ2) is 13.4. The van der Waals surface area contributed by atoms with Gasteiger partial charge in [-0.15, -0.1) is 6.58 Å². The Balaban J connectivity index is 0.000000681. The molecule has 0 amide bonds. The van der Waals surface area contributed by atoms with Crippen LogP contribution >= 0.6 is 0 Å². The van der Waals surface area contributed by atoms with Gasteiger partial charge in [-0.1, -0.05) is 129 Å². The summed E-state index contributed by atoms with van der Waals surface area (Å²) in [5, 5.41) is 2.44. The second-order valence-corrected chi connectivity index (χ2v) is 11.9. The molecule has 5 aromatic carbocycles. The zero-order chi connectivity index (χ0) is 33.0. The second-order valence-electron chi connectivity index (χ2n) is 11.9. The maximum absolute atomic E-state index is 5.00. The Morgan fingerprint density at radius 2 is 1.31 bits per heavy atom. The topological polar surface area (TPSA) is 21.1 Å². The van der Waals surface area contributed by atoms with Gasteiger partial charge >= 0.3 is 0 Å². The third-order valence-electron chi connectivity index (χ3n) is 8.97. The van der Waals surface area contributed by atoms with Crippen molar-refractivity contribution < 1.29 is 0 Å². The van der Waals surface area contributed by atoms with Crippen LogP contribution in [-0.2, 0) is 0 Å². The van der Waals surface area contributed by atoms with E-state index in [9.17, 15) is 0 Å². The molecule has 0 bridgehead atoms. The predicted octanol–water partition coefficient (Wildman–Crippen LogP) is 12.9. The van der Waals surface area contributed by atoms with Crippen molar-refractivity contribution in [1.29, 1.82) is 0 Å². The van der Waals surface area contributed by atoms with E-state index in [4.69, 9.17) is 4.98 Å². The number of allylic oxidation sites excluding steroid dienone is 2. The number of nitrogens with zero attached hydrogens (tertiary/aromatic N) is 3. The number of benzene rings is 5. The molecule has 2 aromatic heterocycles. The Labute approximate surface area is 283 Å². The van der Waals surface area contributed by atoms with Gasteiger partial charge in [-0.05, 0) is 65.9 Å². The summed E-state index contributed by atoms with van der Waals surface area (Å²) < 4.78 is 2.36. The lowest BCUT2D eigenvalue weighted by Gasteiger charge is -2.26. The molecule has 0 saturated heterocycles.